The first kappa shape index (κ1) is 11.7. The second kappa shape index (κ2) is 4.62. The molecule has 0 bridgehead atoms. The Bertz CT molecular complexity index is 575. The van der Waals surface area contributed by atoms with Gasteiger partial charge in [0.05, 0.1) is 12.3 Å². The summed E-state index contributed by atoms with van der Waals surface area (Å²) < 4.78 is 25.3. The van der Waals surface area contributed by atoms with E-state index in [0.29, 0.717) is 6.54 Å². The van der Waals surface area contributed by atoms with Crippen molar-refractivity contribution in [2.45, 2.75) is 18.6 Å². The van der Waals surface area contributed by atoms with Crippen molar-refractivity contribution in [3.63, 3.8) is 0 Å². The van der Waals surface area contributed by atoms with Crippen LogP contribution in [0.25, 0.3) is 0 Å². The Kier molecular flexibility index (Phi) is 3.19. The van der Waals surface area contributed by atoms with Crippen LogP contribution in [0.1, 0.15) is 5.56 Å². The van der Waals surface area contributed by atoms with Crippen LogP contribution in [0.5, 0.6) is 0 Å². The average molecular weight is 252 g/mol. The number of sulfone groups is 1. The van der Waals surface area contributed by atoms with Gasteiger partial charge in [-0.1, -0.05) is 0 Å². The summed E-state index contributed by atoms with van der Waals surface area (Å²) in [7, 11) is -3.44. The zero-order chi connectivity index (χ0) is 12.3. The van der Waals surface area contributed by atoms with E-state index < -0.39 is 9.84 Å². The molecule has 0 aliphatic heterocycles. The molecule has 0 atom stereocenters. The van der Waals surface area contributed by atoms with Crippen molar-refractivity contribution in [1.29, 1.82) is 0 Å². The van der Waals surface area contributed by atoms with Crippen LogP contribution in [-0.4, -0.2) is 33.9 Å². The summed E-state index contributed by atoms with van der Waals surface area (Å²) in [6, 6.07) is 1.75. The maximum absolute atomic E-state index is 11.9. The molecule has 0 aromatic carbocycles. The van der Waals surface area contributed by atoms with Crippen LogP contribution in [0.4, 0.5) is 0 Å². The molecule has 0 radical (unpaired) electrons. The molecule has 0 fully saturated rings. The highest BCUT2D eigenvalue weighted by atomic mass is 32.2. The molecule has 2 aromatic rings. The SMILES string of the molecule is Cc1cnc(S(=O)(=O)CCn2cccn2)nc1. The molecule has 0 unspecified atom stereocenters. The van der Waals surface area contributed by atoms with Gasteiger partial charge in [-0.05, 0) is 18.6 Å². The molecule has 0 saturated heterocycles. The third-order valence-corrected chi connectivity index (χ3v) is 3.67. The Hall–Kier alpha value is -1.76. The van der Waals surface area contributed by atoms with E-state index >= 15 is 0 Å². The fraction of sp³-hybridized carbons (Fsp3) is 0.300. The van der Waals surface area contributed by atoms with Crippen LogP contribution >= 0.6 is 0 Å². The smallest absolute Gasteiger partial charge is 0.247 e. The quantitative estimate of drug-likeness (QED) is 0.738. The highest BCUT2D eigenvalue weighted by Gasteiger charge is 2.17. The largest absolute Gasteiger partial charge is 0.272 e. The Labute approximate surface area is 99.3 Å². The van der Waals surface area contributed by atoms with E-state index in [0.717, 1.165) is 5.56 Å². The fourth-order valence-electron chi connectivity index (χ4n) is 1.28. The summed E-state index contributed by atoms with van der Waals surface area (Å²) in [5.41, 5.74) is 0.830. The Morgan fingerprint density at radius 1 is 1.29 bits per heavy atom. The predicted octanol–water partition coefficient (Wildman–Crippen LogP) is 0.455. The van der Waals surface area contributed by atoms with Crippen LogP contribution in [0.2, 0.25) is 0 Å². The third kappa shape index (κ3) is 2.88. The fourth-order valence-corrected chi connectivity index (χ4v) is 2.32. The first-order valence-electron chi connectivity index (χ1n) is 5.07. The summed E-state index contributed by atoms with van der Waals surface area (Å²) in [4.78, 5) is 7.64. The molecule has 0 aliphatic rings. The van der Waals surface area contributed by atoms with E-state index in [-0.39, 0.29) is 10.9 Å². The number of aromatic nitrogens is 4. The molecule has 6 nitrogen and oxygen atoms in total. The predicted molar refractivity (Wildman–Crippen MR) is 61.0 cm³/mol. The van der Waals surface area contributed by atoms with Gasteiger partial charge in [-0.2, -0.15) is 5.10 Å². The topological polar surface area (TPSA) is 77.7 Å². The lowest BCUT2D eigenvalue weighted by Crippen LogP contribution is -2.16. The first-order chi connectivity index (χ1) is 8.08. The van der Waals surface area contributed by atoms with Crippen molar-refractivity contribution >= 4 is 9.84 Å². The molecule has 0 amide bonds. The van der Waals surface area contributed by atoms with Gasteiger partial charge in [-0.3, -0.25) is 4.68 Å². The van der Waals surface area contributed by atoms with Gasteiger partial charge in [0.2, 0.25) is 15.0 Å². The van der Waals surface area contributed by atoms with Gasteiger partial charge in [0, 0.05) is 24.8 Å². The molecule has 0 N–H and O–H groups in total. The van der Waals surface area contributed by atoms with Gasteiger partial charge in [0.15, 0.2) is 0 Å². The number of aryl methyl sites for hydroxylation is 2. The van der Waals surface area contributed by atoms with E-state index in [1.54, 1.807) is 30.1 Å². The van der Waals surface area contributed by atoms with Gasteiger partial charge >= 0.3 is 0 Å². The molecular weight excluding hydrogens is 240 g/mol. The zero-order valence-corrected chi connectivity index (χ0v) is 10.1. The minimum Gasteiger partial charge on any atom is -0.272 e. The monoisotopic (exact) mass is 252 g/mol. The molecule has 0 spiro atoms. The molecule has 90 valence electrons. The summed E-state index contributed by atoms with van der Waals surface area (Å²) >= 11 is 0. The van der Waals surface area contributed by atoms with Gasteiger partial charge in [0.1, 0.15) is 0 Å². The van der Waals surface area contributed by atoms with Crippen molar-refractivity contribution in [2.75, 3.05) is 5.75 Å². The minimum absolute atomic E-state index is 0.0578. The van der Waals surface area contributed by atoms with E-state index in [1.807, 2.05) is 0 Å². The normalized spacial score (nSPS) is 11.6. The standard InChI is InChI=1S/C10H12N4O2S/c1-9-7-11-10(12-8-9)17(15,16)6-5-14-4-2-3-13-14/h2-4,7-8H,5-6H2,1H3. The summed E-state index contributed by atoms with van der Waals surface area (Å²) in [5.74, 6) is -0.0578. The Balaban J connectivity index is 2.11. The lowest BCUT2D eigenvalue weighted by molar-refractivity contribution is 0.572. The summed E-state index contributed by atoms with van der Waals surface area (Å²) in [5, 5.41) is 3.81. The highest BCUT2D eigenvalue weighted by molar-refractivity contribution is 7.91. The Morgan fingerprint density at radius 2 is 2.00 bits per heavy atom. The van der Waals surface area contributed by atoms with Crippen LogP contribution in [0.3, 0.4) is 0 Å². The van der Waals surface area contributed by atoms with Crippen molar-refractivity contribution in [1.82, 2.24) is 19.7 Å². The number of hydrogen-bond acceptors (Lipinski definition) is 5. The second-order valence-corrected chi connectivity index (χ2v) is 5.63. The summed E-state index contributed by atoms with van der Waals surface area (Å²) in [6.45, 7) is 2.10. The lowest BCUT2D eigenvalue weighted by atomic mass is 10.4. The van der Waals surface area contributed by atoms with E-state index in [4.69, 9.17) is 0 Å². The molecular formula is C10H12N4O2S. The zero-order valence-electron chi connectivity index (χ0n) is 9.31. The highest BCUT2D eigenvalue weighted by Crippen LogP contribution is 2.05. The number of rotatable bonds is 4. The van der Waals surface area contributed by atoms with Gasteiger partial charge in [-0.25, -0.2) is 18.4 Å². The number of hydrogen-bond donors (Lipinski definition) is 0. The second-order valence-electron chi connectivity index (χ2n) is 3.63. The van der Waals surface area contributed by atoms with Gasteiger partial charge in [0.25, 0.3) is 0 Å². The van der Waals surface area contributed by atoms with E-state index in [1.165, 1.54) is 12.4 Å². The number of nitrogens with zero attached hydrogens (tertiary/aromatic N) is 4. The molecule has 17 heavy (non-hydrogen) atoms. The maximum Gasteiger partial charge on any atom is 0.247 e. The van der Waals surface area contributed by atoms with Crippen molar-refractivity contribution in [3.05, 3.63) is 36.4 Å². The molecule has 2 aromatic heterocycles. The van der Waals surface area contributed by atoms with Crippen molar-refractivity contribution in [3.8, 4) is 0 Å². The first-order valence-corrected chi connectivity index (χ1v) is 6.72. The van der Waals surface area contributed by atoms with Crippen LogP contribution in [-0.2, 0) is 16.4 Å². The van der Waals surface area contributed by atoms with Crippen molar-refractivity contribution < 1.29 is 8.42 Å². The van der Waals surface area contributed by atoms with E-state index in [2.05, 4.69) is 15.1 Å². The molecule has 0 aliphatic carbocycles. The van der Waals surface area contributed by atoms with Crippen LogP contribution in [0, 0.1) is 6.92 Å². The maximum atomic E-state index is 11.9. The molecule has 2 heterocycles. The van der Waals surface area contributed by atoms with Crippen LogP contribution < -0.4 is 0 Å². The van der Waals surface area contributed by atoms with Crippen molar-refractivity contribution in [2.24, 2.45) is 0 Å². The molecule has 0 saturated carbocycles. The van der Waals surface area contributed by atoms with Gasteiger partial charge < -0.3 is 0 Å². The van der Waals surface area contributed by atoms with Gasteiger partial charge in [-0.15, -0.1) is 0 Å². The minimum atomic E-state index is -3.44. The Morgan fingerprint density at radius 3 is 2.59 bits per heavy atom. The average Bonchev–Trinajstić information content (AvgIpc) is 2.80. The lowest BCUT2D eigenvalue weighted by Gasteiger charge is -2.03. The summed E-state index contributed by atoms with van der Waals surface area (Å²) in [6.07, 6.45) is 6.31. The van der Waals surface area contributed by atoms with E-state index in [9.17, 15) is 8.42 Å². The molecule has 2 rings (SSSR count). The van der Waals surface area contributed by atoms with Crippen LogP contribution in [0.15, 0.2) is 36.0 Å². The third-order valence-electron chi connectivity index (χ3n) is 2.18. The molecule has 7 heteroatoms.